The minimum Gasteiger partial charge on any atom is -0.486 e. The van der Waals surface area contributed by atoms with Crippen LogP contribution in [0.1, 0.15) is 5.56 Å². The normalized spacial score (nSPS) is 17.3. The molecule has 0 aromatic heterocycles. The van der Waals surface area contributed by atoms with Crippen LogP contribution in [0.15, 0.2) is 51.8 Å². The number of benzene rings is 2. The van der Waals surface area contributed by atoms with Crippen LogP contribution in [0.4, 0.5) is 5.69 Å². The first-order chi connectivity index (χ1) is 14.0. The second-order valence-electron chi connectivity index (χ2n) is 6.57. The minimum atomic E-state index is -4.10. The summed E-state index contributed by atoms with van der Waals surface area (Å²) in [4.78, 5) is 12.5. The molecule has 2 aliphatic heterocycles. The van der Waals surface area contributed by atoms with E-state index in [9.17, 15) is 18.3 Å². The van der Waals surface area contributed by atoms with Gasteiger partial charge in [0.1, 0.15) is 18.1 Å². The lowest BCUT2D eigenvalue weighted by molar-refractivity contribution is -0.115. The number of anilines is 1. The number of ether oxygens (including phenoxy) is 2. The number of amidine groups is 1. The van der Waals surface area contributed by atoms with Gasteiger partial charge in [-0.25, -0.2) is 0 Å². The van der Waals surface area contributed by atoms with E-state index in [2.05, 4.69) is 15.0 Å². The summed E-state index contributed by atoms with van der Waals surface area (Å²) in [5, 5.41) is 15.0. The van der Waals surface area contributed by atoms with E-state index in [0.29, 0.717) is 31.1 Å². The first-order valence-electron chi connectivity index (χ1n) is 8.97. The lowest BCUT2D eigenvalue weighted by Gasteiger charge is -2.24. The van der Waals surface area contributed by atoms with Crippen molar-refractivity contribution in [3.05, 3.63) is 48.0 Å². The van der Waals surface area contributed by atoms with Gasteiger partial charge in [-0.15, -0.1) is 4.40 Å². The SMILES string of the molecule is O=C(N[C@H](CO)Cc1ccccc1)C1=NS(=O)(=O)c2cc3c(cc2N1)OCCO3. The van der Waals surface area contributed by atoms with E-state index < -0.39 is 22.0 Å². The van der Waals surface area contributed by atoms with Crippen molar-refractivity contribution in [2.45, 2.75) is 17.4 Å². The summed E-state index contributed by atoms with van der Waals surface area (Å²) in [5.41, 5.74) is 1.10. The van der Waals surface area contributed by atoms with E-state index >= 15 is 0 Å². The third kappa shape index (κ3) is 4.03. The number of nitrogens with zero attached hydrogens (tertiary/aromatic N) is 1. The average molecular weight is 417 g/mol. The van der Waals surface area contributed by atoms with Gasteiger partial charge in [-0.05, 0) is 12.0 Å². The second kappa shape index (κ2) is 7.72. The number of aliphatic hydroxyl groups excluding tert-OH is 1. The van der Waals surface area contributed by atoms with Crippen LogP contribution in [0.2, 0.25) is 0 Å². The van der Waals surface area contributed by atoms with Crippen LogP contribution in [0.3, 0.4) is 0 Å². The molecule has 2 aromatic carbocycles. The third-order valence-electron chi connectivity index (χ3n) is 4.48. The second-order valence-corrected chi connectivity index (χ2v) is 8.15. The Hall–Kier alpha value is -3.11. The molecule has 10 heteroatoms. The van der Waals surface area contributed by atoms with E-state index in [1.807, 2.05) is 30.3 Å². The highest BCUT2D eigenvalue weighted by Crippen LogP contribution is 2.39. The monoisotopic (exact) mass is 417 g/mol. The Morgan fingerprint density at radius 2 is 1.86 bits per heavy atom. The molecule has 4 rings (SSSR count). The van der Waals surface area contributed by atoms with Gasteiger partial charge in [0, 0.05) is 12.1 Å². The molecule has 2 aliphatic rings. The van der Waals surface area contributed by atoms with Crippen molar-refractivity contribution >= 4 is 27.5 Å². The predicted molar refractivity (Wildman–Crippen MR) is 105 cm³/mol. The maximum absolute atomic E-state index is 12.6. The highest BCUT2D eigenvalue weighted by Gasteiger charge is 2.31. The molecule has 0 unspecified atom stereocenters. The molecule has 152 valence electrons. The molecule has 29 heavy (non-hydrogen) atoms. The standard InChI is InChI=1S/C19H19N3O6S/c23-11-13(8-12-4-2-1-3-5-12)20-19(24)18-21-14-9-15-16(28-7-6-27-15)10-17(14)29(25,26)22-18/h1-5,9-10,13,23H,6-8,11H2,(H,20,24)(H,21,22)/t13-/m0/s1. The number of sulfonamides is 1. The van der Waals surface area contributed by atoms with Gasteiger partial charge in [0.05, 0.1) is 18.3 Å². The number of carbonyl (C=O) groups excluding carboxylic acids is 1. The van der Waals surface area contributed by atoms with Crippen molar-refractivity contribution in [1.29, 1.82) is 0 Å². The summed E-state index contributed by atoms with van der Waals surface area (Å²) in [7, 11) is -4.10. The van der Waals surface area contributed by atoms with Crippen molar-refractivity contribution < 1.29 is 27.8 Å². The highest BCUT2D eigenvalue weighted by atomic mass is 32.2. The zero-order chi connectivity index (χ0) is 20.4. The van der Waals surface area contributed by atoms with Gasteiger partial charge < -0.3 is 25.2 Å². The quantitative estimate of drug-likeness (QED) is 0.653. The number of hydrogen-bond acceptors (Lipinski definition) is 7. The van der Waals surface area contributed by atoms with Crippen molar-refractivity contribution in [2.24, 2.45) is 4.40 Å². The number of aliphatic hydroxyl groups is 1. The van der Waals surface area contributed by atoms with Crippen LogP contribution in [-0.2, 0) is 21.2 Å². The maximum Gasteiger partial charge on any atom is 0.288 e. The Morgan fingerprint density at radius 3 is 2.55 bits per heavy atom. The van der Waals surface area contributed by atoms with E-state index in [4.69, 9.17) is 9.47 Å². The fraction of sp³-hybridized carbons (Fsp3) is 0.263. The Morgan fingerprint density at radius 1 is 1.17 bits per heavy atom. The van der Waals surface area contributed by atoms with Crippen LogP contribution in [0.5, 0.6) is 11.5 Å². The number of nitrogens with one attached hydrogen (secondary N) is 2. The smallest absolute Gasteiger partial charge is 0.288 e. The summed E-state index contributed by atoms with van der Waals surface area (Å²) < 4.78 is 39.6. The Bertz CT molecular complexity index is 1070. The number of fused-ring (bicyclic) bond motifs is 2. The zero-order valence-electron chi connectivity index (χ0n) is 15.3. The molecule has 0 saturated heterocycles. The van der Waals surface area contributed by atoms with E-state index in [1.165, 1.54) is 12.1 Å². The molecule has 0 spiro atoms. The largest absolute Gasteiger partial charge is 0.486 e. The van der Waals surface area contributed by atoms with Crippen LogP contribution in [0, 0.1) is 0 Å². The number of rotatable bonds is 5. The summed E-state index contributed by atoms with van der Waals surface area (Å²) in [6, 6.07) is 11.5. The van der Waals surface area contributed by atoms with Gasteiger partial charge in [0.25, 0.3) is 15.9 Å². The minimum absolute atomic E-state index is 0.0960. The van der Waals surface area contributed by atoms with E-state index in [0.717, 1.165) is 5.56 Å². The predicted octanol–water partition coefficient (Wildman–Crippen LogP) is 0.690. The maximum atomic E-state index is 12.6. The molecule has 2 heterocycles. The van der Waals surface area contributed by atoms with Crippen LogP contribution in [-0.4, -0.2) is 51.1 Å². The van der Waals surface area contributed by atoms with Crippen molar-refractivity contribution in [1.82, 2.24) is 5.32 Å². The van der Waals surface area contributed by atoms with Crippen molar-refractivity contribution in [3.8, 4) is 11.5 Å². The third-order valence-corrected chi connectivity index (χ3v) is 5.80. The van der Waals surface area contributed by atoms with Gasteiger partial charge in [-0.2, -0.15) is 8.42 Å². The molecular formula is C19H19N3O6S. The van der Waals surface area contributed by atoms with Crippen LogP contribution >= 0.6 is 0 Å². The lowest BCUT2D eigenvalue weighted by Crippen LogP contribution is -2.45. The summed E-state index contributed by atoms with van der Waals surface area (Å²) in [6.45, 7) is 0.355. The number of carbonyl (C=O) groups is 1. The van der Waals surface area contributed by atoms with Gasteiger partial charge in [0.2, 0.25) is 5.84 Å². The van der Waals surface area contributed by atoms with Crippen molar-refractivity contribution in [3.63, 3.8) is 0 Å². The van der Waals surface area contributed by atoms with Crippen LogP contribution < -0.4 is 20.1 Å². The molecule has 0 radical (unpaired) electrons. The Kier molecular flexibility index (Phi) is 5.12. The van der Waals surface area contributed by atoms with E-state index in [1.54, 1.807) is 0 Å². The fourth-order valence-electron chi connectivity index (χ4n) is 3.11. The molecule has 3 N–H and O–H groups in total. The van der Waals surface area contributed by atoms with Gasteiger partial charge in [-0.1, -0.05) is 30.3 Å². The topological polar surface area (TPSA) is 126 Å². The van der Waals surface area contributed by atoms with E-state index in [-0.39, 0.29) is 23.0 Å². The molecular weight excluding hydrogens is 398 g/mol. The summed E-state index contributed by atoms with van der Waals surface area (Å²) >= 11 is 0. The fourth-order valence-corrected chi connectivity index (χ4v) is 4.22. The van der Waals surface area contributed by atoms with Gasteiger partial charge in [0.15, 0.2) is 11.5 Å². The number of hydrogen-bond donors (Lipinski definition) is 3. The Balaban J connectivity index is 1.55. The summed E-state index contributed by atoms with van der Waals surface area (Å²) in [6.07, 6.45) is 0.387. The molecule has 1 atom stereocenters. The van der Waals surface area contributed by atoms with Crippen molar-refractivity contribution in [2.75, 3.05) is 25.1 Å². The first-order valence-corrected chi connectivity index (χ1v) is 10.4. The molecule has 9 nitrogen and oxygen atoms in total. The highest BCUT2D eigenvalue weighted by molar-refractivity contribution is 7.90. The molecule has 0 aliphatic carbocycles. The Labute approximate surface area is 167 Å². The molecule has 0 bridgehead atoms. The average Bonchev–Trinajstić information content (AvgIpc) is 2.72. The zero-order valence-corrected chi connectivity index (χ0v) is 16.1. The molecule has 0 saturated carbocycles. The first kappa shape index (κ1) is 19.2. The molecule has 2 aromatic rings. The van der Waals surface area contributed by atoms with Crippen LogP contribution in [0.25, 0.3) is 0 Å². The number of amides is 1. The molecule has 0 fully saturated rings. The summed E-state index contributed by atoms with van der Waals surface area (Å²) in [5.74, 6) is -0.409. The van der Waals surface area contributed by atoms with Gasteiger partial charge in [-0.3, -0.25) is 4.79 Å². The van der Waals surface area contributed by atoms with Gasteiger partial charge >= 0.3 is 0 Å². The lowest BCUT2D eigenvalue weighted by atomic mass is 10.1. The molecule has 1 amide bonds.